The molecule has 0 spiro atoms. The molecule has 3 nitrogen and oxygen atoms in total. The van der Waals surface area contributed by atoms with E-state index in [-0.39, 0.29) is 11.3 Å². The van der Waals surface area contributed by atoms with Gasteiger partial charge in [-0.2, -0.15) is 0 Å². The average Bonchev–Trinajstić information content (AvgIpc) is 2.27. The van der Waals surface area contributed by atoms with Crippen molar-refractivity contribution in [3.8, 4) is 0 Å². The summed E-state index contributed by atoms with van der Waals surface area (Å²) in [4.78, 5) is 0. The second-order valence-corrected chi connectivity index (χ2v) is 6.41. The maximum Gasteiger partial charge on any atom is 0.169 e. The summed E-state index contributed by atoms with van der Waals surface area (Å²) in [7, 11) is -3.61. The van der Waals surface area contributed by atoms with E-state index in [4.69, 9.17) is 11.6 Å². The molecule has 0 bridgehead atoms. The fourth-order valence-corrected chi connectivity index (χ4v) is 2.58. The van der Waals surface area contributed by atoms with Crippen LogP contribution in [0, 0.1) is 5.82 Å². The highest BCUT2D eigenvalue weighted by Crippen LogP contribution is 2.27. The molecule has 0 saturated carbocycles. The lowest BCUT2D eigenvalue weighted by molar-refractivity contribution is 0.186. The fourth-order valence-electron chi connectivity index (χ4n) is 1.21. The molecule has 0 aromatic heterocycles. The van der Waals surface area contributed by atoms with Crippen LogP contribution in [0.25, 0.3) is 0 Å². The zero-order valence-electron chi connectivity index (χ0n) is 8.60. The van der Waals surface area contributed by atoms with Crippen molar-refractivity contribution in [3.63, 3.8) is 0 Å². The van der Waals surface area contributed by atoms with E-state index in [1.807, 2.05) is 0 Å². The summed E-state index contributed by atoms with van der Waals surface area (Å²) < 4.78 is 34.6. The number of aliphatic hydroxyl groups is 1. The topological polar surface area (TPSA) is 54.4 Å². The van der Waals surface area contributed by atoms with E-state index in [0.29, 0.717) is 0 Å². The Morgan fingerprint density at radius 3 is 2.50 bits per heavy atom. The SMILES string of the molecule is CCS(=O)(=O)[C@@H](Cl)[C@H](O)c1ccccc1F. The lowest BCUT2D eigenvalue weighted by atomic mass is 10.1. The minimum atomic E-state index is -3.61. The first kappa shape index (κ1) is 13.4. The Balaban J connectivity index is 3.04. The number of benzene rings is 1. The van der Waals surface area contributed by atoms with Gasteiger partial charge in [0.25, 0.3) is 0 Å². The van der Waals surface area contributed by atoms with E-state index in [2.05, 4.69) is 0 Å². The second kappa shape index (κ2) is 5.12. The third-order valence-electron chi connectivity index (χ3n) is 2.22. The van der Waals surface area contributed by atoms with E-state index in [1.54, 1.807) is 0 Å². The quantitative estimate of drug-likeness (QED) is 0.847. The smallest absolute Gasteiger partial charge is 0.169 e. The lowest BCUT2D eigenvalue weighted by Crippen LogP contribution is -2.25. The van der Waals surface area contributed by atoms with Gasteiger partial charge < -0.3 is 5.11 Å². The van der Waals surface area contributed by atoms with Crippen molar-refractivity contribution in [2.75, 3.05) is 5.75 Å². The molecule has 0 radical (unpaired) electrons. The van der Waals surface area contributed by atoms with Crippen molar-refractivity contribution in [1.29, 1.82) is 0 Å². The van der Waals surface area contributed by atoms with Crippen molar-refractivity contribution < 1.29 is 17.9 Å². The molecule has 1 rings (SSSR count). The Morgan fingerprint density at radius 1 is 1.44 bits per heavy atom. The monoisotopic (exact) mass is 266 g/mol. The van der Waals surface area contributed by atoms with Gasteiger partial charge in [-0.3, -0.25) is 0 Å². The molecule has 0 aliphatic carbocycles. The highest BCUT2D eigenvalue weighted by atomic mass is 35.5. The van der Waals surface area contributed by atoms with Gasteiger partial charge in [0.1, 0.15) is 11.9 Å². The van der Waals surface area contributed by atoms with Crippen LogP contribution in [0.2, 0.25) is 0 Å². The van der Waals surface area contributed by atoms with Crippen LogP contribution in [0.3, 0.4) is 0 Å². The minimum Gasteiger partial charge on any atom is -0.386 e. The Hall–Kier alpha value is -0.650. The van der Waals surface area contributed by atoms with Gasteiger partial charge in [-0.05, 0) is 6.07 Å². The molecule has 0 unspecified atom stereocenters. The number of halogens is 2. The molecule has 2 atom stereocenters. The minimum absolute atomic E-state index is 0.112. The number of aliphatic hydroxyl groups excluding tert-OH is 1. The van der Waals surface area contributed by atoms with Gasteiger partial charge in [-0.25, -0.2) is 12.8 Å². The molecule has 90 valence electrons. The molecular weight excluding hydrogens is 255 g/mol. The summed E-state index contributed by atoms with van der Waals surface area (Å²) in [5.74, 6) is -0.876. The highest BCUT2D eigenvalue weighted by molar-refractivity contribution is 7.93. The molecule has 1 aromatic rings. The van der Waals surface area contributed by atoms with Gasteiger partial charge in [-0.15, -0.1) is 11.6 Å². The molecule has 1 N–H and O–H groups in total. The van der Waals surface area contributed by atoms with E-state index in [9.17, 15) is 17.9 Å². The zero-order valence-corrected chi connectivity index (χ0v) is 10.2. The average molecular weight is 267 g/mol. The first-order valence-electron chi connectivity index (χ1n) is 4.68. The maximum atomic E-state index is 13.3. The molecule has 0 aliphatic heterocycles. The molecule has 0 saturated heterocycles. The van der Waals surface area contributed by atoms with Crippen molar-refractivity contribution in [2.24, 2.45) is 0 Å². The van der Waals surface area contributed by atoms with Crippen LogP contribution in [0.4, 0.5) is 4.39 Å². The first-order valence-corrected chi connectivity index (χ1v) is 6.83. The van der Waals surface area contributed by atoms with Gasteiger partial charge in [0.05, 0.1) is 0 Å². The molecule has 0 amide bonds. The molecule has 0 aliphatic rings. The van der Waals surface area contributed by atoms with Crippen LogP contribution in [0.1, 0.15) is 18.6 Å². The molecular formula is C10H12ClFO3S. The largest absolute Gasteiger partial charge is 0.386 e. The third-order valence-corrected chi connectivity index (χ3v) is 5.02. The number of hydrogen-bond donors (Lipinski definition) is 1. The number of hydrogen-bond acceptors (Lipinski definition) is 3. The summed E-state index contributed by atoms with van der Waals surface area (Å²) in [5.41, 5.74) is -0.112. The van der Waals surface area contributed by atoms with Gasteiger partial charge in [0.2, 0.25) is 0 Å². The van der Waals surface area contributed by atoms with Crippen molar-refractivity contribution >= 4 is 21.4 Å². The summed E-state index contributed by atoms with van der Waals surface area (Å²) in [6.07, 6.45) is -1.56. The fraction of sp³-hybridized carbons (Fsp3) is 0.400. The molecule has 0 fully saturated rings. The Bertz CT molecular complexity index is 461. The van der Waals surface area contributed by atoms with Crippen molar-refractivity contribution in [2.45, 2.75) is 17.7 Å². The normalized spacial score (nSPS) is 15.8. The summed E-state index contributed by atoms with van der Waals surface area (Å²) in [6.45, 7) is 1.42. The van der Waals surface area contributed by atoms with Gasteiger partial charge in [-0.1, -0.05) is 25.1 Å². The number of rotatable bonds is 4. The van der Waals surface area contributed by atoms with Crippen LogP contribution < -0.4 is 0 Å². The second-order valence-electron chi connectivity index (χ2n) is 3.27. The van der Waals surface area contributed by atoms with Crippen LogP contribution >= 0.6 is 11.6 Å². The van der Waals surface area contributed by atoms with Crippen LogP contribution in [0.5, 0.6) is 0 Å². The predicted molar refractivity (Wildman–Crippen MR) is 60.5 cm³/mol. The van der Waals surface area contributed by atoms with Gasteiger partial charge >= 0.3 is 0 Å². The van der Waals surface area contributed by atoms with Crippen molar-refractivity contribution in [1.82, 2.24) is 0 Å². The number of sulfone groups is 1. The first-order chi connectivity index (χ1) is 7.40. The Labute approximate surface area is 98.8 Å². The third kappa shape index (κ3) is 2.72. The van der Waals surface area contributed by atoms with Gasteiger partial charge in [0.15, 0.2) is 14.5 Å². The Morgan fingerprint density at radius 2 is 2.00 bits per heavy atom. The standard InChI is InChI=1S/C10H12ClFO3S/c1-2-16(14,15)10(11)9(13)7-5-3-4-6-8(7)12/h3-6,9-10,13H,2H2,1H3/t9-,10-/m1/s1. The molecule has 1 aromatic carbocycles. The van der Waals surface area contributed by atoms with Crippen LogP contribution in [-0.4, -0.2) is 24.0 Å². The van der Waals surface area contributed by atoms with E-state index >= 15 is 0 Å². The predicted octanol–water partition coefficient (Wildman–Crippen LogP) is 1.86. The maximum absolute atomic E-state index is 13.3. The summed E-state index contributed by atoms with van der Waals surface area (Å²) in [5, 5.41) is 9.69. The van der Waals surface area contributed by atoms with Crippen LogP contribution in [0.15, 0.2) is 24.3 Å². The molecule has 6 heteroatoms. The lowest BCUT2D eigenvalue weighted by Gasteiger charge is -2.17. The summed E-state index contributed by atoms with van der Waals surface area (Å²) >= 11 is 5.62. The molecule has 16 heavy (non-hydrogen) atoms. The summed E-state index contributed by atoms with van der Waals surface area (Å²) in [6, 6.07) is 5.40. The zero-order chi connectivity index (χ0) is 12.3. The highest BCUT2D eigenvalue weighted by Gasteiger charge is 2.31. The molecule has 0 heterocycles. The Kier molecular flexibility index (Phi) is 4.29. The van der Waals surface area contributed by atoms with E-state index in [0.717, 1.165) is 6.07 Å². The van der Waals surface area contributed by atoms with E-state index in [1.165, 1.54) is 25.1 Å². The van der Waals surface area contributed by atoms with E-state index < -0.39 is 26.5 Å². The van der Waals surface area contributed by atoms with Crippen LogP contribution in [-0.2, 0) is 9.84 Å². The van der Waals surface area contributed by atoms with Gasteiger partial charge in [0, 0.05) is 11.3 Å². The van der Waals surface area contributed by atoms with Crippen molar-refractivity contribution in [3.05, 3.63) is 35.6 Å². The number of alkyl halides is 1.